The van der Waals surface area contributed by atoms with Gasteiger partial charge in [0.1, 0.15) is 0 Å². The Bertz CT molecular complexity index is 690. The maximum atomic E-state index is 13.0. The molecule has 0 saturated carbocycles. The van der Waals surface area contributed by atoms with Crippen LogP contribution in [0.15, 0.2) is 24.3 Å². The van der Waals surface area contributed by atoms with E-state index in [2.05, 4.69) is 60.2 Å². The zero-order chi connectivity index (χ0) is 19.7. The van der Waals surface area contributed by atoms with Gasteiger partial charge >= 0.3 is 6.03 Å². The number of carbonyl (C=O) groups is 1. The van der Waals surface area contributed by atoms with E-state index >= 15 is 0 Å². The molecule has 4 aliphatic rings. The first kappa shape index (κ1) is 19.6. The Morgan fingerprint density at radius 1 is 1.07 bits per heavy atom. The molecule has 5 nitrogen and oxygen atoms in total. The first-order chi connectivity index (χ1) is 13.4. The molecule has 1 aromatic rings. The van der Waals surface area contributed by atoms with Crippen LogP contribution >= 0.6 is 0 Å². The predicted molar refractivity (Wildman–Crippen MR) is 115 cm³/mol. The van der Waals surface area contributed by atoms with Gasteiger partial charge in [0.15, 0.2) is 0 Å². The number of rotatable bonds is 3. The Labute approximate surface area is 170 Å². The Balaban J connectivity index is 1.34. The maximum Gasteiger partial charge on any atom is 0.317 e. The number of benzene rings is 1. The van der Waals surface area contributed by atoms with Crippen molar-refractivity contribution in [3.63, 3.8) is 0 Å². The Hall–Kier alpha value is -1.75. The van der Waals surface area contributed by atoms with Crippen LogP contribution in [0.1, 0.15) is 51.5 Å². The predicted octanol–water partition coefficient (Wildman–Crippen LogP) is 3.52. The largest absolute Gasteiger partial charge is 0.368 e. The Kier molecular flexibility index (Phi) is 5.55. The van der Waals surface area contributed by atoms with E-state index in [1.165, 1.54) is 37.2 Å². The van der Waals surface area contributed by atoms with Crippen LogP contribution in [0.5, 0.6) is 0 Å². The molecular formula is C23H36N4O. The molecule has 28 heavy (non-hydrogen) atoms. The summed E-state index contributed by atoms with van der Waals surface area (Å²) in [6, 6.07) is 8.99. The third kappa shape index (κ3) is 4.00. The van der Waals surface area contributed by atoms with Crippen LogP contribution in [0.4, 0.5) is 10.5 Å². The van der Waals surface area contributed by atoms with Gasteiger partial charge < -0.3 is 20.0 Å². The number of fused-ring (bicyclic) bond motifs is 4. The SMILES string of the molecule is CC(C)c1cccc(N2CCN(C(=O)NC3(C)CCN4CCC3CC4)CC2)c1. The maximum absolute atomic E-state index is 13.0. The Morgan fingerprint density at radius 3 is 2.46 bits per heavy atom. The molecule has 0 radical (unpaired) electrons. The average Bonchev–Trinajstić information content (AvgIpc) is 2.97. The van der Waals surface area contributed by atoms with Crippen LogP contribution in [0.3, 0.4) is 0 Å². The normalized spacial score (nSPS) is 30.4. The van der Waals surface area contributed by atoms with Crippen LogP contribution in [0.2, 0.25) is 0 Å². The van der Waals surface area contributed by atoms with Crippen molar-refractivity contribution in [1.82, 2.24) is 15.1 Å². The van der Waals surface area contributed by atoms with E-state index in [0.29, 0.717) is 11.8 Å². The molecule has 4 saturated heterocycles. The summed E-state index contributed by atoms with van der Waals surface area (Å²) < 4.78 is 0. The minimum absolute atomic E-state index is 0.0505. The van der Waals surface area contributed by atoms with E-state index < -0.39 is 0 Å². The molecule has 0 spiro atoms. The molecule has 154 valence electrons. The molecule has 2 amide bonds. The number of carbonyl (C=O) groups excluding carboxylic acids is 1. The van der Waals surface area contributed by atoms with Gasteiger partial charge in [-0.1, -0.05) is 26.0 Å². The van der Waals surface area contributed by atoms with Crippen molar-refractivity contribution in [2.75, 3.05) is 50.7 Å². The average molecular weight is 385 g/mol. The smallest absolute Gasteiger partial charge is 0.317 e. The molecular weight excluding hydrogens is 348 g/mol. The van der Waals surface area contributed by atoms with Crippen molar-refractivity contribution in [3.8, 4) is 0 Å². The van der Waals surface area contributed by atoms with Crippen molar-refractivity contribution >= 4 is 11.7 Å². The number of anilines is 1. The number of hydrogen-bond acceptors (Lipinski definition) is 3. The van der Waals surface area contributed by atoms with Crippen LogP contribution in [0.25, 0.3) is 0 Å². The summed E-state index contributed by atoms with van der Waals surface area (Å²) in [6.07, 6.45) is 3.51. The quantitative estimate of drug-likeness (QED) is 0.867. The first-order valence-corrected chi connectivity index (χ1v) is 11.1. The van der Waals surface area contributed by atoms with Crippen LogP contribution in [-0.4, -0.2) is 67.2 Å². The van der Waals surface area contributed by atoms with Crippen LogP contribution in [-0.2, 0) is 0 Å². The van der Waals surface area contributed by atoms with Gasteiger partial charge in [0.25, 0.3) is 0 Å². The third-order valence-electron chi connectivity index (χ3n) is 7.30. The standard InChI is InChI=1S/C23H36N4O/c1-18(2)19-5-4-6-21(17-19)26-13-15-27(16-14-26)22(28)24-23(3)9-12-25-10-7-20(23)8-11-25/h4-6,17-18,20H,7-16H2,1-3H3,(H,24,28). The molecule has 0 aromatic heterocycles. The molecule has 1 aromatic carbocycles. The van der Waals surface area contributed by atoms with Crippen molar-refractivity contribution in [2.45, 2.75) is 51.5 Å². The molecule has 0 aliphatic carbocycles. The molecule has 2 bridgehead atoms. The van der Waals surface area contributed by atoms with E-state index in [1.807, 2.05) is 4.90 Å². The lowest BCUT2D eigenvalue weighted by Gasteiger charge is -2.41. The van der Waals surface area contributed by atoms with E-state index in [-0.39, 0.29) is 11.6 Å². The summed E-state index contributed by atoms with van der Waals surface area (Å²) in [5, 5.41) is 3.45. The topological polar surface area (TPSA) is 38.8 Å². The highest BCUT2D eigenvalue weighted by atomic mass is 16.2. The zero-order valence-electron chi connectivity index (χ0n) is 17.8. The third-order valence-corrected chi connectivity index (χ3v) is 7.30. The van der Waals surface area contributed by atoms with Gasteiger partial charge in [-0.25, -0.2) is 4.79 Å². The molecule has 4 aliphatic heterocycles. The van der Waals surface area contributed by atoms with Gasteiger partial charge in [-0.15, -0.1) is 0 Å². The number of piperazine rings is 1. The highest BCUT2D eigenvalue weighted by molar-refractivity contribution is 5.75. The number of piperidine rings is 1. The molecule has 4 fully saturated rings. The molecule has 1 unspecified atom stereocenters. The summed E-state index contributed by atoms with van der Waals surface area (Å²) in [5.74, 6) is 1.16. The van der Waals surface area contributed by atoms with Gasteiger partial charge in [0.2, 0.25) is 0 Å². The second-order valence-corrected chi connectivity index (χ2v) is 9.44. The molecule has 5 rings (SSSR count). The van der Waals surface area contributed by atoms with Crippen molar-refractivity contribution in [3.05, 3.63) is 29.8 Å². The van der Waals surface area contributed by atoms with E-state index in [0.717, 1.165) is 39.1 Å². The summed E-state index contributed by atoms with van der Waals surface area (Å²) in [5.41, 5.74) is 2.61. The van der Waals surface area contributed by atoms with Gasteiger partial charge in [0.05, 0.1) is 0 Å². The van der Waals surface area contributed by atoms with Gasteiger partial charge in [-0.2, -0.15) is 0 Å². The number of nitrogens with one attached hydrogen (secondary N) is 1. The summed E-state index contributed by atoms with van der Waals surface area (Å²) >= 11 is 0. The van der Waals surface area contributed by atoms with Crippen LogP contribution in [0, 0.1) is 5.92 Å². The van der Waals surface area contributed by atoms with Crippen molar-refractivity contribution in [2.24, 2.45) is 5.92 Å². The summed E-state index contributed by atoms with van der Waals surface area (Å²) in [6.45, 7) is 13.7. The van der Waals surface area contributed by atoms with Gasteiger partial charge in [-0.05, 0) is 68.8 Å². The fourth-order valence-corrected chi connectivity index (χ4v) is 5.12. The molecule has 4 heterocycles. The van der Waals surface area contributed by atoms with Crippen molar-refractivity contribution < 1.29 is 4.79 Å². The minimum atomic E-state index is -0.0505. The Morgan fingerprint density at radius 2 is 1.79 bits per heavy atom. The van der Waals surface area contributed by atoms with Crippen molar-refractivity contribution in [1.29, 1.82) is 0 Å². The fraction of sp³-hybridized carbons (Fsp3) is 0.696. The summed E-state index contributed by atoms with van der Waals surface area (Å²) in [7, 11) is 0. The first-order valence-electron chi connectivity index (χ1n) is 11.1. The number of amides is 2. The molecule has 1 N–H and O–H groups in total. The fourth-order valence-electron chi connectivity index (χ4n) is 5.12. The summed E-state index contributed by atoms with van der Waals surface area (Å²) in [4.78, 5) is 20.0. The lowest BCUT2D eigenvalue weighted by Crippen LogP contribution is -2.59. The van der Waals surface area contributed by atoms with E-state index in [9.17, 15) is 4.79 Å². The zero-order valence-corrected chi connectivity index (χ0v) is 17.8. The number of urea groups is 1. The van der Waals surface area contributed by atoms with Crippen LogP contribution < -0.4 is 10.2 Å². The monoisotopic (exact) mass is 384 g/mol. The molecule has 5 heteroatoms. The van der Waals surface area contributed by atoms with Gasteiger partial charge in [0, 0.05) is 44.0 Å². The molecule has 1 atom stereocenters. The lowest BCUT2D eigenvalue weighted by molar-refractivity contribution is 0.153. The van der Waals surface area contributed by atoms with Gasteiger partial charge in [-0.3, -0.25) is 0 Å². The lowest BCUT2D eigenvalue weighted by atomic mass is 9.79. The highest BCUT2D eigenvalue weighted by Gasteiger charge is 2.41. The second-order valence-electron chi connectivity index (χ2n) is 9.44. The number of nitrogens with zero attached hydrogens (tertiary/aromatic N) is 3. The minimum Gasteiger partial charge on any atom is -0.368 e. The second kappa shape index (κ2) is 7.94. The van der Waals surface area contributed by atoms with E-state index in [1.54, 1.807) is 0 Å². The van der Waals surface area contributed by atoms with E-state index in [4.69, 9.17) is 0 Å². The highest BCUT2D eigenvalue weighted by Crippen LogP contribution is 2.35. The number of hydrogen-bond donors (Lipinski definition) is 1.